The molecule has 4 rings (SSSR count). The van der Waals surface area contributed by atoms with E-state index in [9.17, 15) is 0 Å². The van der Waals surface area contributed by atoms with Crippen LogP contribution >= 0.6 is 29.5 Å². The molecule has 2 heterocycles. The van der Waals surface area contributed by atoms with Crippen molar-refractivity contribution in [2.75, 3.05) is 7.05 Å². The second-order valence-electron chi connectivity index (χ2n) is 5.51. The summed E-state index contributed by atoms with van der Waals surface area (Å²) in [7, 11) is 16.8. The minimum absolute atomic E-state index is 0.605. The van der Waals surface area contributed by atoms with E-state index in [1.54, 1.807) is 0 Å². The van der Waals surface area contributed by atoms with Crippen molar-refractivity contribution in [3.8, 4) is 0 Å². The normalized spacial score (nSPS) is 11.3. The van der Waals surface area contributed by atoms with E-state index in [1.807, 2.05) is 55.6 Å². The molecule has 0 amide bonds. The van der Waals surface area contributed by atoms with Crippen molar-refractivity contribution < 1.29 is 21.1 Å². The van der Waals surface area contributed by atoms with E-state index in [0.717, 1.165) is 22.2 Å². The molecule has 0 atom stereocenters. The van der Waals surface area contributed by atoms with Gasteiger partial charge in [0, 0.05) is 0 Å². The van der Waals surface area contributed by atoms with Crippen LogP contribution in [0.5, 0.6) is 0 Å². The van der Waals surface area contributed by atoms with Crippen LogP contribution in [0.25, 0.3) is 22.2 Å². The van der Waals surface area contributed by atoms with Gasteiger partial charge in [0.25, 0.3) is 0 Å². The van der Waals surface area contributed by atoms with E-state index in [2.05, 4.69) is 14.9 Å². The molecule has 0 aliphatic rings. The molecule has 0 bridgehead atoms. The van der Waals surface area contributed by atoms with Crippen LogP contribution in [-0.2, 0) is 25.4 Å². The van der Waals surface area contributed by atoms with Crippen LogP contribution in [0.15, 0.2) is 57.4 Å². The van der Waals surface area contributed by atoms with Gasteiger partial charge in [0.1, 0.15) is 11.0 Å². The molecule has 136 valence electrons. The maximum atomic E-state index is 5.73. The zero-order valence-corrected chi connectivity index (χ0v) is 17.4. The van der Waals surface area contributed by atoms with Gasteiger partial charge in [-0.15, -0.1) is 0 Å². The quantitative estimate of drug-likeness (QED) is 0.401. The Kier molecular flexibility index (Phi) is 6.87. The van der Waals surface area contributed by atoms with Crippen molar-refractivity contribution in [2.45, 2.75) is 13.1 Å². The number of halogens is 3. The monoisotopic (exact) mass is 449 g/mol. The van der Waals surface area contributed by atoms with Crippen LogP contribution in [0.1, 0.15) is 11.8 Å². The number of hydrogen-bond acceptors (Lipinski definition) is 5. The molecule has 26 heavy (non-hydrogen) atoms. The molecule has 0 unspecified atom stereocenters. The third kappa shape index (κ3) is 5.40. The van der Waals surface area contributed by atoms with E-state index >= 15 is 0 Å². The number of oxazole rings is 2. The molecule has 9 heteroatoms. The van der Waals surface area contributed by atoms with Crippen LogP contribution < -0.4 is 0 Å². The summed E-state index contributed by atoms with van der Waals surface area (Å²) < 4.78 is 11.5. The molecule has 0 N–H and O–H groups in total. The molecule has 0 fully saturated rings. The third-order valence-electron chi connectivity index (χ3n) is 3.49. The van der Waals surface area contributed by atoms with Crippen LogP contribution in [0.3, 0.4) is 0 Å². The summed E-state index contributed by atoms with van der Waals surface area (Å²) in [6.07, 6.45) is 0. The predicted octanol–water partition coefficient (Wildman–Crippen LogP) is 5.67. The average Bonchev–Trinajstić information content (AvgIpc) is 3.16. The number of para-hydroxylation sites is 4. The van der Waals surface area contributed by atoms with Crippen LogP contribution in [0.2, 0.25) is 0 Å². The van der Waals surface area contributed by atoms with Gasteiger partial charge in [0.15, 0.2) is 11.2 Å². The molecule has 5 nitrogen and oxygen atoms in total. The first-order valence-electron chi connectivity index (χ1n) is 7.66. The van der Waals surface area contributed by atoms with Gasteiger partial charge in [-0.2, -0.15) is 0 Å². The van der Waals surface area contributed by atoms with Crippen LogP contribution in [-0.4, -0.2) is 21.9 Å². The van der Waals surface area contributed by atoms with E-state index < -0.39 is 12.3 Å². The Bertz CT molecular complexity index is 845. The van der Waals surface area contributed by atoms with Gasteiger partial charge in [-0.05, 0) is 31.3 Å². The number of hydrogen-bond donors (Lipinski definition) is 0. The SMILES string of the molecule is CN(Cc1nc2ccccc2o1)Cc1nc2ccccc2o1.[Cl][V]([Cl])[Cl]. The van der Waals surface area contributed by atoms with E-state index in [4.69, 9.17) is 38.4 Å². The fraction of sp³-hybridized carbons (Fsp3) is 0.176. The van der Waals surface area contributed by atoms with Crippen molar-refractivity contribution >= 4 is 51.7 Å². The first kappa shape index (κ1) is 19.6. The molecule has 0 aliphatic carbocycles. The zero-order chi connectivity index (χ0) is 18.5. The van der Waals surface area contributed by atoms with Crippen molar-refractivity contribution in [3.63, 3.8) is 0 Å². The number of benzene rings is 2. The number of rotatable bonds is 4. The molecule has 0 aliphatic heterocycles. The Morgan fingerprint density at radius 3 is 1.58 bits per heavy atom. The second kappa shape index (κ2) is 9.13. The molecular formula is C17H15Cl3N3O2V. The van der Waals surface area contributed by atoms with E-state index in [1.165, 1.54) is 0 Å². The van der Waals surface area contributed by atoms with Gasteiger partial charge in [-0.3, -0.25) is 4.90 Å². The summed E-state index contributed by atoms with van der Waals surface area (Å²) in [6, 6.07) is 15.5. The summed E-state index contributed by atoms with van der Waals surface area (Å²) in [5, 5.41) is 0. The first-order chi connectivity index (χ1) is 12.5. The summed E-state index contributed by atoms with van der Waals surface area (Å²) in [5.74, 6) is 1.39. The van der Waals surface area contributed by atoms with Crippen molar-refractivity contribution in [1.82, 2.24) is 14.9 Å². The molecule has 2 aromatic heterocycles. The topological polar surface area (TPSA) is 55.3 Å². The number of nitrogens with zero attached hydrogens (tertiary/aromatic N) is 3. The van der Waals surface area contributed by atoms with Gasteiger partial charge >= 0.3 is 41.8 Å². The average molecular weight is 451 g/mol. The van der Waals surface area contributed by atoms with E-state index in [-0.39, 0.29) is 0 Å². The van der Waals surface area contributed by atoms with E-state index in [0.29, 0.717) is 24.9 Å². The molecule has 0 spiro atoms. The molecule has 2 aromatic carbocycles. The Hall–Kier alpha value is -1.21. The maximum absolute atomic E-state index is 5.73. The van der Waals surface area contributed by atoms with Gasteiger partial charge in [0.05, 0.1) is 13.1 Å². The summed E-state index contributed by atoms with van der Waals surface area (Å²) in [5.41, 5.74) is 3.39. The first-order valence-corrected chi connectivity index (χ1v) is 13.4. The molecule has 4 aromatic rings. The molecule has 0 radical (unpaired) electrons. The second-order valence-corrected chi connectivity index (χ2v) is 12.4. The fourth-order valence-electron chi connectivity index (χ4n) is 2.49. The molecular weight excluding hydrogens is 436 g/mol. The van der Waals surface area contributed by atoms with Crippen LogP contribution in [0, 0.1) is 0 Å². The van der Waals surface area contributed by atoms with Gasteiger partial charge in [-0.25, -0.2) is 9.97 Å². The fourth-order valence-corrected chi connectivity index (χ4v) is 2.49. The third-order valence-corrected chi connectivity index (χ3v) is 3.49. The minimum atomic E-state index is -1.77. The van der Waals surface area contributed by atoms with Gasteiger partial charge in [-0.1, -0.05) is 24.3 Å². The summed E-state index contributed by atoms with van der Waals surface area (Å²) in [4.78, 5) is 11.0. The summed E-state index contributed by atoms with van der Waals surface area (Å²) >= 11 is -1.77. The predicted molar refractivity (Wildman–Crippen MR) is 101 cm³/mol. The molecule has 0 saturated carbocycles. The summed E-state index contributed by atoms with van der Waals surface area (Å²) in [6.45, 7) is 1.21. The molecule has 0 saturated heterocycles. The number of aromatic nitrogens is 2. The zero-order valence-electron chi connectivity index (χ0n) is 13.8. The Labute approximate surface area is 167 Å². The van der Waals surface area contributed by atoms with Crippen molar-refractivity contribution in [2.24, 2.45) is 0 Å². The van der Waals surface area contributed by atoms with Gasteiger partial charge < -0.3 is 8.83 Å². The standard InChI is InChI=1S/C17H15N3O2.3ClH.V/c1-20(10-16-18-12-6-2-4-8-14(12)21-16)11-17-19-13-7-3-5-9-15(13)22-17;;;;/h2-9H,10-11H2,1H3;3*1H;/q;;;;+3/p-3. The van der Waals surface area contributed by atoms with Crippen molar-refractivity contribution in [1.29, 1.82) is 0 Å². The van der Waals surface area contributed by atoms with Crippen molar-refractivity contribution in [3.05, 3.63) is 60.3 Å². The number of fused-ring (bicyclic) bond motifs is 2. The Morgan fingerprint density at radius 2 is 1.19 bits per heavy atom. The Balaban J connectivity index is 0.000000447. The Morgan fingerprint density at radius 1 is 0.808 bits per heavy atom. The van der Waals surface area contributed by atoms with Crippen LogP contribution in [0.4, 0.5) is 0 Å². The van der Waals surface area contributed by atoms with Gasteiger partial charge in [0.2, 0.25) is 11.8 Å².